The van der Waals surface area contributed by atoms with Gasteiger partial charge < -0.3 is 10.5 Å². The van der Waals surface area contributed by atoms with Crippen molar-refractivity contribution in [2.24, 2.45) is 5.73 Å². The standard InChI is InChI=1S/C20H23N3O3S/c1-5-14(18(21)24)23-15(6-2)22-19-17(20(23)25)16(11(3)27-19)12-8-7-9-13(10-12)26-4/h7-10,14H,5-6H2,1-4H3,(H2,21,24). The molecule has 1 amide bonds. The molecular weight excluding hydrogens is 362 g/mol. The largest absolute Gasteiger partial charge is 0.497 e. The van der Waals surface area contributed by atoms with Gasteiger partial charge in [0.2, 0.25) is 5.91 Å². The molecule has 142 valence electrons. The molecule has 27 heavy (non-hydrogen) atoms. The number of aryl methyl sites for hydroxylation is 2. The molecule has 0 bridgehead atoms. The van der Waals surface area contributed by atoms with Crippen molar-refractivity contribution in [2.45, 2.75) is 39.7 Å². The molecule has 0 aliphatic carbocycles. The lowest BCUT2D eigenvalue weighted by Crippen LogP contribution is -2.36. The molecule has 1 atom stereocenters. The number of rotatable bonds is 6. The van der Waals surface area contributed by atoms with Gasteiger partial charge in [-0.1, -0.05) is 26.0 Å². The van der Waals surface area contributed by atoms with Crippen LogP contribution in [0.4, 0.5) is 0 Å². The van der Waals surface area contributed by atoms with E-state index in [0.29, 0.717) is 34.6 Å². The van der Waals surface area contributed by atoms with E-state index in [0.717, 1.165) is 16.0 Å². The number of amides is 1. The summed E-state index contributed by atoms with van der Waals surface area (Å²) < 4.78 is 6.80. The lowest BCUT2D eigenvalue weighted by Gasteiger charge is -2.18. The summed E-state index contributed by atoms with van der Waals surface area (Å²) >= 11 is 1.49. The molecule has 2 aromatic heterocycles. The van der Waals surface area contributed by atoms with Gasteiger partial charge in [0.1, 0.15) is 22.4 Å². The third kappa shape index (κ3) is 3.23. The molecule has 0 saturated heterocycles. The SMILES string of the molecule is CCc1nc2sc(C)c(-c3cccc(OC)c3)c2c(=O)n1C(CC)C(N)=O. The predicted octanol–water partition coefficient (Wildman–Crippen LogP) is 3.44. The minimum atomic E-state index is -0.706. The molecule has 0 aliphatic rings. The average molecular weight is 385 g/mol. The minimum Gasteiger partial charge on any atom is -0.497 e. The Hall–Kier alpha value is -2.67. The molecule has 1 aromatic carbocycles. The van der Waals surface area contributed by atoms with E-state index in [-0.39, 0.29) is 5.56 Å². The third-order valence-electron chi connectivity index (χ3n) is 4.71. The summed E-state index contributed by atoms with van der Waals surface area (Å²) in [5.74, 6) is 0.773. The van der Waals surface area contributed by atoms with E-state index in [2.05, 4.69) is 0 Å². The molecule has 7 heteroatoms. The van der Waals surface area contributed by atoms with E-state index in [1.165, 1.54) is 15.9 Å². The second-order valence-corrected chi connectivity index (χ2v) is 7.53. The Balaban J connectivity index is 2.39. The van der Waals surface area contributed by atoms with E-state index in [4.69, 9.17) is 15.5 Å². The molecule has 0 radical (unpaired) electrons. The number of primary amides is 1. The molecule has 6 nitrogen and oxygen atoms in total. The number of thiophene rings is 1. The summed E-state index contributed by atoms with van der Waals surface area (Å²) in [4.78, 5) is 31.8. The van der Waals surface area contributed by atoms with Crippen LogP contribution in [-0.2, 0) is 11.2 Å². The summed E-state index contributed by atoms with van der Waals surface area (Å²) in [7, 11) is 1.61. The minimum absolute atomic E-state index is 0.218. The first-order valence-corrected chi connectivity index (χ1v) is 9.72. The number of methoxy groups -OCH3 is 1. The number of benzene rings is 1. The van der Waals surface area contributed by atoms with E-state index in [9.17, 15) is 9.59 Å². The quantitative estimate of drug-likeness (QED) is 0.704. The van der Waals surface area contributed by atoms with Crippen LogP contribution >= 0.6 is 11.3 Å². The zero-order chi connectivity index (χ0) is 19.7. The Morgan fingerprint density at radius 3 is 2.70 bits per heavy atom. The molecule has 3 rings (SSSR count). The van der Waals surface area contributed by atoms with Crippen molar-refractivity contribution in [1.82, 2.24) is 9.55 Å². The van der Waals surface area contributed by atoms with Crippen molar-refractivity contribution in [3.05, 3.63) is 45.3 Å². The number of hydrogen-bond donors (Lipinski definition) is 1. The number of hydrogen-bond acceptors (Lipinski definition) is 5. The van der Waals surface area contributed by atoms with Gasteiger partial charge in [-0.15, -0.1) is 11.3 Å². The monoisotopic (exact) mass is 385 g/mol. The van der Waals surface area contributed by atoms with Crippen molar-refractivity contribution in [1.29, 1.82) is 0 Å². The highest BCUT2D eigenvalue weighted by atomic mass is 32.1. The second kappa shape index (κ2) is 7.52. The maximum absolute atomic E-state index is 13.5. The molecule has 3 aromatic rings. The van der Waals surface area contributed by atoms with Crippen molar-refractivity contribution < 1.29 is 9.53 Å². The number of aromatic nitrogens is 2. The first-order valence-electron chi connectivity index (χ1n) is 8.91. The Bertz CT molecular complexity index is 1070. The van der Waals surface area contributed by atoms with Crippen LogP contribution in [0.25, 0.3) is 21.3 Å². The van der Waals surface area contributed by atoms with Crippen LogP contribution in [0.5, 0.6) is 5.75 Å². The van der Waals surface area contributed by atoms with E-state index >= 15 is 0 Å². The topological polar surface area (TPSA) is 87.2 Å². The van der Waals surface area contributed by atoms with Crippen molar-refractivity contribution >= 4 is 27.5 Å². The van der Waals surface area contributed by atoms with E-state index < -0.39 is 11.9 Å². The molecule has 0 fully saturated rings. The Morgan fingerprint density at radius 2 is 2.11 bits per heavy atom. The van der Waals surface area contributed by atoms with Gasteiger partial charge >= 0.3 is 0 Å². The molecule has 0 saturated carbocycles. The first-order chi connectivity index (χ1) is 12.9. The molecule has 0 spiro atoms. The second-order valence-electron chi connectivity index (χ2n) is 6.33. The van der Waals surface area contributed by atoms with Crippen LogP contribution in [0.3, 0.4) is 0 Å². The number of fused-ring (bicyclic) bond motifs is 1. The Kier molecular flexibility index (Phi) is 5.32. The Morgan fingerprint density at radius 1 is 1.37 bits per heavy atom. The van der Waals surface area contributed by atoms with Crippen LogP contribution in [0.2, 0.25) is 0 Å². The normalized spacial score (nSPS) is 12.3. The highest BCUT2D eigenvalue weighted by Crippen LogP contribution is 2.37. The van der Waals surface area contributed by atoms with E-state index in [1.807, 2.05) is 45.0 Å². The fraction of sp³-hybridized carbons (Fsp3) is 0.350. The predicted molar refractivity (Wildman–Crippen MR) is 109 cm³/mol. The fourth-order valence-corrected chi connectivity index (χ4v) is 4.48. The number of nitrogens with two attached hydrogens (primary N) is 1. The summed E-state index contributed by atoms with van der Waals surface area (Å²) in [5, 5.41) is 0.530. The summed E-state index contributed by atoms with van der Waals surface area (Å²) in [6.45, 7) is 5.73. The summed E-state index contributed by atoms with van der Waals surface area (Å²) in [6, 6.07) is 6.89. The van der Waals surface area contributed by atoms with Crippen LogP contribution in [0, 0.1) is 6.92 Å². The lowest BCUT2D eigenvalue weighted by molar-refractivity contribution is -0.121. The number of carbonyl (C=O) groups excluding carboxylic acids is 1. The van der Waals surface area contributed by atoms with Gasteiger partial charge in [-0.2, -0.15) is 0 Å². The van der Waals surface area contributed by atoms with Crippen molar-refractivity contribution in [2.75, 3.05) is 7.11 Å². The molecule has 0 aliphatic heterocycles. The van der Waals surface area contributed by atoms with Gasteiger partial charge in [-0.25, -0.2) is 4.98 Å². The van der Waals surface area contributed by atoms with Crippen LogP contribution in [0.1, 0.15) is 37.0 Å². The highest BCUT2D eigenvalue weighted by Gasteiger charge is 2.25. The van der Waals surface area contributed by atoms with Gasteiger partial charge in [0.05, 0.1) is 12.5 Å². The van der Waals surface area contributed by atoms with Gasteiger partial charge in [-0.3, -0.25) is 14.2 Å². The van der Waals surface area contributed by atoms with Crippen LogP contribution in [-0.4, -0.2) is 22.6 Å². The number of carbonyl (C=O) groups is 1. The molecule has 2 heterocycles. The molecular formula is C20H23N3O3S. The fourth-order valence-electron chi connectivity index (χ4n) is 3.42. The zero-order valence-electron chi connectivity index (χ0n) is 15.9. The highest BCUT2D eigenvalue weighted by molar-refractivity contribution is 7.19. The van der Waals surface area contributed by atoms with E-state index in [1.54, 1.807) is 7.11 Å². The van der Waals surface area contributed by atoms with Gasteiger partial charge in [0.25, 0.3) is 5.56 Å². The van der Waals surface area contributed by atoms with Crippen LogP contribution < -0.4 is 16.0 Å². The molecule has 2 N–H and O–H groups in total. The molecule has 1 unspecified atom stereocenters. The number of ether oxygens (including phenoxy) is 1. The number of nitrogens with zero attached hydrogens (tertiary/aromatic N) is 2. The van der Waals surface area contributed by atoms with Gasteiger partial charge in [0.15, 0.2) is 0 Å². The summed E-state index contributed by atoms with van der Waals surface area (Å²) in [6.07, 6.45) is 0.980. The third-order valence-corrected chi connectivity index (χ3v) is 5.71. The van der Waals surface area contributed by atoms with Crippen LogP contribution in [0.15, 0.2) is 29.1 Å². The average Bonchev–Trinajstić information content (AvgIpc) is 2.99. The maximum atomic E-state index is 13.5. The van der Waals surface area contributed by atoms with Gasteiger partial charge in [-0.05, 0) is 31.0 Å². The smallest absolute Gasteiger partial charge is 0.263 e. The van der Waals surface area contributed by atoms with Gasteiger partial charge in [0, 0.05) is 16.9 Å². The Labute approximate surface area is 161 Å². The maximum Gasteiger partial charge on any atom is 0.263 e. The van der Waals surface area contributed by atoms with Crippen molar-refractivity contribution in [3.63, 3.8) is 0 Å². The summed E-state index contributed by atoms with van der Waals surface area (Å²) in [5.41, 5.74) is 7.07. The van der Waals surface area contributed by atoms with Crippen molar-refractivity contribution in [3.8, 4) is 16.9 Å². The lowest BCUT2D eigenvalue weighted by atomic mass is 10.0. The first kappa shape index (κ1) is 19.1. The zero-order valence-corrected chi connectivity index (χ0v) is 16.7.